The lowest BCUT2D eigenvalue weighted by Gasteiger charge is -2.11. The molecule has 0 aliphatic rings. The number of nitrogens with one attached hydrogen (secondary N) is 2. The van der Waals surface area contributed by atoms with Crippen LogP contribution in [-0.2, 0) is 0 Å². The number of aryl methyl sites for hydroxylation is 1. The second kappa shape index (κ2) is 6.57. The third-order valence-electron chi connectivity index (χ3n) is 3.85. The summed E-state index contributed by atoms with van der Waals surface area (Å²) in [5, 5.41) is 21.2. The standard InChI is InChI=1S/C20H15N5O/c1-13-9-19(25-24-13)22-18-11-15-6-2-3-8-17(15)20(23-18)26-16-7-4-5-14(10-16)12-21/h2-11H,1H3,(H2,22,23,24,25). The van der Waals surface area contributed by atoms with Crippen LogP contribution in [0.2, 0.25) is 0 Å². The number of anilines is 2. The molecular weight excluding hydrogens is 326 g/mol. The molecule has 26 heavy (non-hydrogen) atoms. The van der Waals surface area contributed by atoms with E-state index < -0.39 is 0 Å². The number of hydrogen-bond donors (Lipinski definition) is 2. The topological polar surface area (TPSA) is 86.6 Å². The Balaban J connectivity index is 1.75. The quantitative estimate of drug-likeness (QED) is 0.563. The van der Waals surface area contributed by atoms with Crippen molar-refractivity contribution in [3.63, 3.8) is 0 Å². The molecule has 0 aliphatic heterocycles. The molecule has 0 aliphatic carbocycles. The number of nitriles is 1. The second-order valence-corrected chi connectivity index (χ2v) is 5.84. The largest absolute Gasteiger partial charge is 0.438 e. The molecule has 0 saturated carbocycles. The van der Waals surface area contributed by atoms with E-state index in [0.717, 1.165) is 16.5 Å². The van der Waals surface area contributed by atoms with E-state index in [1.54, 1.807) is 24.3 Å². The van der Waals surface area contributed by atoms with Crippen LogP contribution in [-0.4, -0.2) is 15.2 Å². The monoisotopic (exact) mass is 341 g/mol. The van der Waals surface area contributed by atoms with Gasteiger partial charge >= 0.3 is 0 Å². The van der Waals surface area contributed by atoms with E-state index >= 15 is 0 Å². The van der Waals surface area contributed by atoms with Crippen molar-refractivity contribution in [2.45, 2.75) is 6.92 Å². The predicted octanol–water partition coefficient (Wildman–Crippen LogP) is 4.67. The van der Waals surface area contributed by atoms with E-state index in [4.69, 9.17) is 10.00 Å². The summed E-state index contributed by atoms with van der Waals surface area (Å²) < 4.78 is 5.99. The number of rotatable bonds is 4. The fraction of sp³-hybridized carbons (Fsp3) is 0.0500. The van der Waals surface area contributed by atoms with Crippen LogP contribution in [0.5, 0.6) is 11.6 Å². The van der Waals surface area contributed by atoms with Gasteiger partial charge in [0.1, 0.15) is 11.6 Å². The molecule has 2 heterocycles. The first-order valence-electron chi connectivity index (χ1n) is 8.08. The summed E-state index contributed by atoms with van der Waals surface area (Å²) in [7, 11) is 0. The van der Waals surface area contributed by atoms with Gasteiger partial charge in [0.2, 0.25) is 5.88 Å². The van der Waals surface area contributed by atoms with Crippen molar-refractivity contribution in [3.8, 4) is 17.7 Å². The van der Waals surface area contributed by atoms with Crippen LogP contribution >= 0.6 is 0 Å². The summed E-state index contributed by atoms with van der Waals surface area (Å²) in [6.45, 7) is 1.93. The van der Waals surface area contributed by atoms with E-state index in [2.05, 4.69) is 26.6 Å². The zero-order valence-corrected chi connectivity index (χ0v) is 14.0. The lowest BCUT2D eigenvalue weighted by atomic mass is 10.1. The number of ether oxygens (including phenoxy) is 1. The first-order chi connectivity index (χ1) is 12.7. The van der Waals surface area contributed by atoms with Gasteiger partial charge in [0.05, 0.1) is 11.6 Å². The summed E-state index contributed by atoms with van der Waals surface area (Å²) in [4.78, 5) is 4.59. The highest BCUT2D eigenvalue weighted by atomic mass is 16.5. The van der Waals surface area contributed by atoms with Gasteiger partial charge in [-0.1, -0.05) is 24.3 Å². The van der Waals surface area contributed by atoms with Crippen LogP contribution in [0.15, 0.2) is 60.7 Å². The maximum atomic E-state index is 9.07. The van der Waals surface area contributed by atoms with Crippen LogP contribution in [0.4, 0.5) is 11.6 Å². The minimum absolute atomic E-state index is 0.466. The Labute approximate surface area is 150 Å². The summed E-state index contributed by atoms with van der Waals surface area (Å²) in [6.07, 6.45) is 0. The maximum Gasteiger partial charge on any atom is 0.229 e. The summed E-state index contributed by atoms with van der Waals surface area (Å²) in [5.41, 5.74) is 1.49. The summed E-state index contributed by atoms with van der Waals surface area (Å²) in [5.74, 6) is 2.34. The van der Waals surface area contributed by atoms with Crippen LogP contribution in [0, 0.1) is 18.3 Å². The van der Waals surface area contributed by atoms with Gasteiger partial charge in [-0.05, 0) is 42.6 Å². The van der Waals surface area contributed by atoms with Gasteiger partial charge in [0.15, 0.2) is 5.82 Å². The van der Waals surface area contributed by atoms with Gasteiger partial charge < -0.3 is 10.1 Å². The average molecular weight is 341 g/mol. The zero-order chi connectivity index (χ0) is 17.9. The van der Waals surface area contributed by atoms with Gasteiger partial charge in [-0.3, -0.25) is 5.10 Å². The molecular formula is C20H15N5O. The first-order valence-corrected chi connectivity index (χ1v) is 8.08. The number of benzene rings is 2. The molecule has 0 atom stereocenters. The minimum Gasteiger partial charge on any atom is -0.438 e. The van der Waals surface area contributed by atoms with Crippen LogP contribution in [0.1, 0.15) is 11.3 Å². The van der Waals surface area contributed by atoms with Crippen LogP contribution < -0.4 is 10.1 Å². The summed E-state index contributed by atoms with van der Waals surface area (Å²) in [6, 6.07) is 20.8. The van der Waals surface area contributed by atoms with Crippen LogP contribution in [0.25, 0.3) is 10.8 Å². The number of aromatic amines is 1. The minimum atomic E-state index is 0.466. The number of fused-ring (bicyclic) bond motifs is 1. The molecule has 0 unspecified atom stereocenters. The highest BCUT2D eigenvalue weighted by Crippen LogP contribution is 2.31. The van der Waals surface area contributed by atoms with Crippen molar-refractivity contribution in [3.05, 3.63) is 71.9 Å². The van der Waals surface area contributed by atoms with Crippen molar-refractivity contribution >= 4 is 22.4 Å². The van der Waals surface area contributed by atoms with E-state index in [0.29, 0.717) is 28.8 Å². The Morgan fingerprint density at radius 2 is 1.92 bits per heavy atom. The average Bonchev–Trinajstić information content (AvgIpc) is 3.06. The Kier molecular flexibility index (Phi) is 3.96. The molecule has 2 aromatic heterocycles. The van der Waals surface area contributed by atoms with Crippen LogP contribution in [0.3, 0.4) is 0 Å². The number of nitrogens with zero attached hydrogens (tertiary/aromatic N) is 3. The highest BCUT2D eigenvalue weighted by Gasteiger charge is 2.10. The molecule has 2 aromatic carbocycles. The molecule has 6 nitrogen and oxygen atoms in total. The molecule has 0 amide bonds. The lowest BCUT2D eigenvalue weighted by molar-refractivity contribution is 0.470. The predicted molar refractivity (Wildman–Crippen MR) is 99.6 cm³/mol. The Bertz CT molecular complexity index is 1130. The Hall–Kier alpha value is -3.85. The molecule has 0 saturated heterocycles. The van der Waals surface area contributed by atoms with E-state index in [9.17, 15) is 0 Å². The molecule has 0 radical (unpaired) electrons. The van der Waals surface area contributed by atoms with Crippen molar-refractivity contribution < 1.29 is 4.74 Å². The molecule has 0 bridgehead atoms. The van der Waals surface area contributed by atoms with Crippen molar-refractivity contribution in [2.24, 2.45) is 0 Å². The van der Waals surface area contributed by atoms with Crippen molar-refractivity contribution in [2.75, 3.05) is 5.32 Å². The molecule has 0 spiro atoms. The fourth-order valence-electron chi connectivity index (χ4n) is 2.66. The molecule has 0 fully saturated rings. The zero-order valence-electron chi connectivity index (χ0n) is 14.0. The van der Waals surface area contributed by atoms with E-state index in [1.807, 2.05) is 43.3 Å². The normalized spacial score (nSPS) is 10.5. The van der Waals surface area contributed by atoms with Gasteiger partial charge in [-0.2, -0.15) is 15.3 Å². The molecule has 126 valence electrons. The molecule has 4 aromatic rings. The molecule has 4 rings (SSSR count). The number of H-pyrrole nitrogens is 1. The first kappa shape index (κ1) is 15.7. The number of hydrogen-bond acceptors (Lipinski definition) is 5. The van der Waals surface area contributed by atoms with Crippen molar-refractivity contribution in [1.82, 2.24) is 15.2 Å². The maximum absolute atomic E-state index is 9.07. The van der Waals surface area contributed by atoms with E-state index in [1.165, 1.54) is 0 Å². The van der Waals surface area contributed by atoms with Gasteiger partial charge in [-0.25, -0.2) is 0 Å². The van der Waals surface area contributed by atoms with E-state index in [-0.39, 0.29) is 0 Å². The number of aromatic nitrogens is 3. The third kappa shape index (κ3) is 3.19. The molecule has 6 heteroatoms. The highest BCUT2D eigenvalue weighted by molar-refractivity contribution is 5.89. The van der Waals surface area contributed by atoms with Gasteiger partial charge in [0.25, 0.3) is 0 Å². The third-order valence-corrected chi connectivity index (χ3v) is 3.85. The number of pyridine rings is 1. The lowest BCUT2D eigenvalue weighted by Crippen LogP contribution is -1.97. The smallest absolute Gasteiger partial charge is 0.229 e. The fourth-order valence-corrected chi connectivity index (χ4v) is 2.66. The summed E-state index contributed by atoms with van der Waals surface area (Å²) >= 11 is 0. The Morgan fingerprint density at radius 3 is 2.73 bits per heavy atom. The van der Waals surface area contributed by atoms with Gasteiger partial charge in [-0.15, -0.1) is 0 Å². The van der Waals surface area contributed by atoms with Crippen molar-refractivity contribution in [1.29, 1.82) is 5.26 Å². The molecule has 2 N–H and O–H groups in total. The second-order valence-electron chi connectivity index (χ2n) is 5.84. The van der Waals surface area contributed by atoms with Gasteiger partial charge in [0, 0.05) is 17.1 Å². The Morgan fingerprint density at radius 1 is 1.04 bits per heavy atom. The SMILES string of the molecule is Cc1cc(Nc2cc3ccccc3c(Oc3cccc(C#N)c3)n2)n[nH]1.